The third-order valence-electron chi connectivity index (χ3n) is 13.3. The number of hydrogen-bond acceptors (Lipinski definition) is 5. The first-order valence-electron chi connectivity index (χ1n) is 15.3. The van der Waals surface area contributed by atoms with Crippen LogP contribution in [0, 0.1) is 89.4 Å². The van der Waals surface area contributed by atoms with Crippen LogP contribution in [0.3, 0.4) is 0 Å². The Morgan fingerprint density at radius 3 is 2.10 bits per heavy atom. The van der Waals surface area contributed by atoms with Gasteiger partial charge < -0.3 is 19.7 Å². The van der Waals surface area contributed by atoms with Gasteiger partial charge >= 0.3 is 5.97 Å². The summed E-state index contributed by atoms with van der Waals surface area (Å²) in [6.45, 7) is 25.0. The molecule has 6 heteroatoms. The predicted octanol–water partition coefficient (Wildman–Crippen LogP) is 6.82. The third kappa shape index (κ3) is 4.30. The molecule has 2 bridgehead atoms. The largest absolute Gasteiger partial charge is 0.455 e. The molecule has 4 aliphatic rings. The maximum atomic E-state index is 13.9. The van der Waals surface area contributed by atoms with E-state index in [-0.39, 0.29) is 79.4 Å². The van der Waals surface area contributed by atoms with Crippen molar-refractivity contribution in [3.63, 3.8) is 0 Å². The van der Waals surface area contributed by atoms with Crippen molar-refractivity contribution in [3.8, 4) is 0 Å². The Balaban J connectivity index is 0.00000387. The summed E-state index contributed by atoms with van der Waals surface area (Å²) in [5.41, 5.74) is -1.33. The molecule has 0 aromatic heterocycles. The molecule has 1 aromatic rings. The molecule has 4 unspecified atom stereocenters. The van der Waals surface area contributed by atoms with E-state index < -0.39 is 40.0 Å². The quantitative estimate of drug-likeness (QED) is 0.261. The molecule has 0 spiro atoms. The second kappa shape index (κ2) is 10.4. The molecule has 1 saturated heterocycles. The van der Waals surface area contributed by atoms with Gasteiger partial charge in [-0.05, 0) is 65.9 Å². The van der Waals surface area contributed by atoms with Crippen molar-refractivity contribution in [3.05, 3.63) is 47.0 Å². The molecule has 3 aliphatic carbocycles. The van der Waals surface area contributed by atoms with Crippen LogP contribution in [-0.4, -0.2) is 46.2 Å². The van der Waals surface area contributed by atoms with E-state index in [4.69, 9.17) is 9.47 Å². The van der Waals surface area contributed by atoms with Gasteiger partial charge in [0.25, 0.3) is 0 Å². The second-order valence-corrected chi connectivity index (χ2v) is 15.9. The van der Waals surface area contributed by atoms with E-state index in [9.17, 15) is 15.0 Å². The molecule has 2 N–H and O–H groups in total. The van der Waals surface area contributed by atoms with Crippen molar-refractivity contribution in [2.75, 3.05) is 6.61 Å². The molecule has 8 atom stereocenters. The average molecular weight is 780 g/mol. The van der Waals surface area contributed by atoms with Crippen LogP contribution < -0.4 is 0 Å². The molecule has 3 fully saturated rings. The Kier molecular flexibility index (Phi) is 8.54. The molecule has 2 saturated carbocycles. The zero-order valence-corrected chi connectivity index (χ0v) is 31.9. The Bertz CT molecular complexity index is 1220. The van der Waals surface area contributed by atoms with Crippen molar-refractivity contribution in [1.82, 2.24) is 0 Å². The van der Waals surface area contributed by atoms with Crippen LogP contribution in [0.4, 0.5) is 0 Å². The van der Waals surface area contributed by atoms with Crippen molar-refractivity contribution in [1.29, 1.82) is 0 Å². The van der Waals surface area contributed by atoms with E-state index >= 15 is 0 Å². The molecule has 1 heterocycles. The van der Waals surface area contributed by atoms with E-state index in [1.54, 1.807) is 12.1 Å². The molecular weight excluding hydrogens is 727 g/mol. The molecule has 1 radical (unpaired) electrons. The maximum absolute atomic E-state index is 13.9. The van der Waals surface area contributed by atoms with E-state index in [0.29, 0.717) is 24.3 Å². The summed E-state index contributed by atoms with van der Waals surface area (Å²) in [7, 11) is 0. The fourth-order valence-electron chi connectivity index (χ4n) is 10.1. The average Bonchev–Trinajstić information content (AvgIpc) is 2.86. The number of fused-ring (bicyclic) bond motifs is 5. The summed E-state index contributed by atoms with van der Waals surface area (Å²) in [6.07, 6.45) is -0.119. The maximum Gasteiger partial charge on any atom is 0.338 e. The summed E-state index contributed by atoms with van der Waals surface area (Å²) in [5, 5.41) is 25.9. The number of rotatable bonds is 3. The van der Waals surface area contributed by atoms with Gasteiger partial charge in [0.15, 0.2) is 0 Å². The molecule has 5 nitrogen and oxygen atoms in total. The SMILES string of the molecule is CC1=C2[C@@H](C)C(C)(C)[C@@]3(C)C(C(OC(=O)c4ccccc4)C(O)(C[C@@H]1C(C)C)C2(C)C)[C@]1(O)COC1CC3(C)C.[Ac]. The monoisotopic (exact) mass is 779 g/mol. The molecular formula is C35H52AcO5. The molecule has 5 rings (SSSR count). The predicted molar refractivity (Wildman–Crippen MR) is 158 cm³/mol. The minimum atomic E-state index is -1.40. The number of allylic oxidation sites excluding steroid dienone is 1. The van der Waals surface area contributed by atoms with Gasteiger partial charge in [-0.15, -0.1) is 0 Å². The van der Waals surface area contributed by atoms with Crippen LogP contribution in [-0.2, 0) is 9.47 Å². The Labute approximate surface area is 283 Å². The van der Waals surface area contributed by atoms with Crippen molar-refractivity contribution in [2.45, 2.75) is 112 Å². The van der Waals surface area contributed by atoms with Crippen LogP contribution in [0.25, 0.3) is 0 Å². The molecule has 0 amide bonds. The van der Waals surface area contributed by atoms with Gasteiger partial charge in [-0.3, -0.25) is 0 Å². The van der Waals surface area contributed by atoms with Crippen molar-refractivity contribution < 1.29 is 68.5 Å². The summed E-state index contributed by atoms with van der Waals surface area (Å²) in [6, 6.07) is 9.05. The first-order chi connectivity index (χ1) is 18.3. The van der Waals surface area contributed by atoms with Crippen LogP contribution >= 0.6 is 0 Å². The number of esters is 1. The van der Waals surface area contributed by atoms with Crippen LogP contribution in [0.5, 0.6) is 0 Å². The fourth-order valence-corrected chi connectivity index (χ4v) is 10.1. The zero-order valence-electron chi connectivity index (χ0n) is 27.2. The topological polar surface area (TPSA) is 76.0 Å². The molecule has 41 heavy (non-hydrogen) atoms. The Morgan fingerprint density at radius 1 is 1.00 bits per heavy atom. The third-order valence-corrected chi connectivity index (χ3v) is 13.3. The normalized spacial score (nSPS) is 42.0. The van der Waals surface area contributed by atoms with E-state index in [2.05, 4.69) is 76.2 Å². The van der Waals surface area contributed by atoms with Crippen LogP contribution in [0.1, 0.15) is 99.4 Å². The van der Waals surface area contributed by atoms with E-state index in [0.717, 1.165) is 0 Å². The van der Waals surface area contributed by atoms with Gasteiger partial charge in [-0.1, -0.05) is 98.6 Å². The summed E-state index contributed by atoms with van der Waals surface area (Å²) >= 11 is 0. The summed E-state index contributed by atoms with van der Waals surface area (Å²) in [5.74, 6) is -0.441. The van der Waals surface area contributed by atoms with E-state index in [1.165, 1.54) is 11.1 Å². The standard InChI is InChI=1S/C35H52O5.Ac/c1-20(2)24-17-35(38)28(40-29(36)23-15-13-12-14-16-23)27-33(11,30(5,6)18-25-34(27,37)19-39-25)31(7,8)22(4)26(21(24)3)32(35,9)10;/h12-16,20,22,24-25,27-28,37-38H,17-19H2,1-11H3;/t22-,24-,25?,27?,28?,33+,34+,35?;/m1./s1. The van der Waals surface area contributed by atoms with Gasteiger partial charge in [0.05, 0.1) is 18.3 Å². The summed E-state index contributed by atoms with van der Waals surface area (Å²) < 4.78 is 12.7. The second-order valence-electron chi connectivity index (χ2n) is 15.9. The van der Waals surface area contributed by atoms with Crippen LogP contribution in [0.2, 0.25) is 0 Å². The van der Waals surface area contributed by atoms with Gasteiger partial charge in [-0.25, -0.2) is 4.79 Å². The summed E-state index contributed by atoms with van der Waals surface area (Å²) in [4.78, 5) is 13.9. The minimum absolute atomic E-state index is 0. The smallest absolute Gasteiger partial charge is 0.338 e. The van der Waals surface area contributed by atoms with Gasteiger partial charge in [-0.2, -0.15) is 0 Å². The Hall–Kier alpha value is -0.248. The zero-order chi connectivity index (χ0) is 29.8. The molecule has 225 valence electrons. The van der Waals surface area contributed by atoms with Crippen molar-refractivity contribution in [2.24, 2.45) is 45.3 Å². The van der Waals surface area contributed by atoms with Crippen LogP contribution in [0.15, 0.2) is 41.5 Å². The van der Waals surface area contributed by atoms with Crippen molar-refractivity contribution >= 4 is 5.97 Å². The number of aliphatic hydroxyl groups is 2. The number of carbonyl (C=O) groups is 1. The van der Waals surface area contributed by atoms with Gasteiger partial charge in [0.1, 0.15) is 17.3 Å². The van der Waals surface area contributed by atoms with E-state index in [1.807, 2.05) is 18.2 Å². The number of benzene rings is 1. The number of ether oxygens (including phenoxy) is 2. The number of hydrogen-bond donors (Lipinski definition) is 2. The number of carbonyl (C=O) groups excluding carboxylic acids is 1. The minimum Gasteiger partial charge on any atom is -0.455 e. The van der Waals surface area contributed by atoms with Gasteiger partial charge in [0, 0.05) is 55.4 Å². The van der Waals surface area contributed by atoms with Gasteiger partial charge in [0.2, 0.25) is 0 Å². The fraction of sp³-hybridized carbons (Fsp3) is 0.743. The molecule has 1 aliphatic heterocycles. The molecule has 1 aromatic carbocycles. The Morgan fingerprint density at radius 2 is 1.59 bits per heavy atom. The first-order valence-corrected chi connectivity index (χ1v) is 15.3. The first kappa shape index (κ1) is 33.6.